The first-order valence-corrected chi connectivity index (χ1v) is 8.59. The molecule has 1 saturated carbocycles. The van der Waals surface area contributed by atoms with Crippen LogP contribution in [0.5, 0.6) is 0 Å². The summed E-state index contributed by atoms with van der Waals surface area (Å²) in [7, 11) is 0. The number of hydrogen-bond donors (Lipinski definition) is 2. The van der Waals surface area contributed by atoms with Gasteiger partial charge in [-0.2, -0.15) is 0 Å². The minimum Gasteiger partial charge on any atom is -0.394 e. The molecule has 106 valence electrons. The van der Waals surface area contributed by atoms with E-state index in [1.165, 1.54) is 12.8 Å². The predicted molar refractivity (Wildman–Crippen MR) is 83.5 cm³/mol. The van der Waals surface area contributed by atoms with Crippen molar-refractivity contribution in [2.45, 2.75) is 36.8 Å². The minimum atomic E-state index is -0.141. The normalized spacial score (nSPS) is 18.3. The van der Waals surface area contributed by atoms with Gasteiger partial charge in [0.1, 0.15) is 5.03 Å². The van der Waals surface area contributed by atoms with Crippen molar-refractivity contribution in [2.24, 2.45) is 5.92 Å². The van der Waals surface area contributed by atoms with Gasteiger partial charge in [-0.05, 0) is 59.8 Å². The number of aromatic nitrogens is 1. The number of aliphatic hydroxyl groups is 1. The minimum absolute atomic E-state index is 0.141. The van der Waals surface area contributed by atoms with Gasteiger partial charge in [0.2, 0.25) is 0 Å². The summed E-state index contributed by atoms with van der Waals surface area (Å²) in [5.74, 6) is 1.48. The molecular weight excluding hydrogens is 324 g/mol. The van der Waals surface area contributed by atoms with Gasteiger partial charge in [-0.3, -0.25) is 0 Å². The molecule has 1 fully saturated rings. The molecule has 0 radical (unpaired) electrons. The van der Waals surface area contributed by atoms with Crippen molar-refractivity contribution >= 4 is 27.7 Å². The van der Waals surface area contributed by atoms with E-state index in [4.69, 9.17) is 0 Å². The number of halogens is 1. The van der Waals surface area contributed by atoms with Crippen LogP contribution in [-0.2, 0) is 0 Å². The Labute approximate surface area is 127 Å². The molecule has 1 heterocycles. The molecule has 0 saturated heterocycles. The largest absolute Gasteiger partial charge is 0.394 e. The highest BCUT2D eigenvalue weighted by Crippen LogP contribution is 2.42. The van der Waals surface area contributed by atoms with Crippen molar-refractivity contribution in [3.05, 3.63) is 22.8 Å². The van der Waals surface area contributed by atoms with E-state index in [1.807, 2.05) is 18.3 Å². The van der Waals surface area contributed by atoms with Gasteiger partial charge in [-0.1, -0.05) is 6.92 Å². The van der Waals surface area contributed by atoms with Crippen LogP contribution in [0, 0.1) is 5.92 Å². The molecule has 0 amide bonds. The summed E-state index contributed by atoms with van der Waals surface area (Å²) in [6, 6.07) is 3.93. The zero-order valence-corrected chi connectivity index (χ0v) is 13.6. The third-order valence-electron chi connectivity index (χ3n) is 3.56. The van der Waals surface area contributed by atoms with Gasteiger partial charge >= 0.3 is 0 Å². The lowest BCUT2D eigenvalue weighted by atomic mass is 9.96. The van der Waals surface area contributed by atoms with E-state index < -0.39 is 0 Å². The Morgan fingerprint density at radius 2 is 2.37 bits per heavy atom. The third-order valence-corrected chi connectivity index (χ3v) is 5.72. The molecule has 5 heteroatoms. The first kappa shape index (κ1) is 15.3. The van der Waals surface area contributed by atoms with Crippen LogP contribution in [-0.4, -0.2) is 34.5 Å². The summed E-state index contributed by atoms with van der Waals surface area (Å²) in [6.07, 6.45) is 5.35. The predicted octanol–water partition coefficient (Wildman–Crippen LogP) is 3.08. The number of nitrogens with zero attached hydrogens (tertiary/aromatic N) is 1. The van der Waals surface area contributed by atoms with Crippen LogP contribution in [0.4, 0.5) is 0 Å². The summed E-state index contributed by atoms with van der Waals surface area (Å²) in [6.45, 7) is 3.32. The van der Waals surface area contributed by atoms with E-state index in [9.17, 15) is 5.11 Å². The number of hydrogen-bond acceptors (Lipinski definition) is 4. The summed E-state index contributed by atoms with van der Waals surface area (Å²) in [5, 5.41) is 14.4. The van der Waals surface area contributed by atoms with Crippen LogP contribution in [0.1, 0.15) is 26.2 Å². The Morgan fingerprint density at radius 3 is 2.95 bits per heavy atom. The Bertz CT molecular complexity index is 414. The topological polar surface area (TPSA) is 45.1 Å². The molecule has 1 aromatic rings. The SMILES string of the molecule is CCCNC(CO)(CSc1ncccc1Br)C1CC1. The molecule has 0 spiro atoms. The van der Waals surface area contributed by atoms with Gasteiger partial charge in [0.25, 0.3) is 0 Å². The zero-order valence-electron chi connectivity index (χ0n) is 11.2. The van der Waals surface area contributed by atoms with Crippen LogP contribution in [0.2, 0.25) is 0 Å². The first-order valence-electron chi connectivity index (χ1n) is 6.81. The average Bonchev–Trinajstić information content (AvgIpc) is 3.26. The van der Waals surface area contributed by atoms with Crippen LogP contribution >= 0.6 is 27.7 Å². The molecule has 0 aromatic carbocycles. The highest BCUT2D eigenvalue weighted by atomic mass is 79.9. The molecule has 1 aliphatic rings. The molecule has 0 bridgehead atoms. The summed E-state index contributed by atoms with van der Waals surface area (Å²) in [5.41, 5.74) is -0.141. The van der Waals surface area contributed by atoms with E-state index in [0.717, 1.165) is 28.2 Å². The van der Waals surface area contributed by atoms with E-state index in [-0.39, 0.29) is 12.1 Å². The van der Waals surface area contributed by atoms with E-state index in [1.54, 1.807) is 11.8 Å². The first-order chi connectivity index (χ1) is 9.22. The second-order valence-corrected chi connectivity index (χ2v) is 6.91. The van der Waals surface area contributed by atoms with Gasteiger partial charge in [-0.15, -0.1) is 11.8 Å². The molecule has 1 aliphatic carbocycles. The Morgan fingerprint density at radius 1 is 1.58 bits per heavy atom. The van der Waals surface area contributed by atoms with Crippen molar-refractivity contribution in [1.29, 1.82) is 0 Å². The Hall–Kier alpha value is -0.100. The lowest BCUT2D eigenvalue weighted by Gasteiger charge is -2.33. The number of nitrogens with one attached hydrogen (secondary N) is 1. The van der Waals surface area contributed by atoms with Crippen molar-refractivity contribution in [3.63, 3.8) is 0 Å². The number of thioether (sulfide) groups is 1. The van der Waals surface area contributed by atoms with E-state index >= 15 is 0 Å². The van der Waals surface area contributed by atoms with E-state index in [2.05, 4.69) is 33.2 Å². The molecule has 1 unspecified atom stereocenters. The van der Waals surface area contributed by atoms with Crippen LogP contribution in [0.15, 0.2) is 27.8 Å². The second kappa shape index (κ2) is 7.07. The van der Waals surface area contributed by atoms with Gasteiger partial charge in [0, 0.05) is 16.4 Å². The smallest absolute Gasteiger partial charge is 0.110 e. The highest BCUT2D eigenvalue weighted by Gasteiger charge is 2.44. The number of pyridine rings is 1. The van der Waals surface area contributed by atoms with Gasteiger partial charge < -0.3 is 10.4 Å². The molecule has 1 atom stereocenters. The van der Waals surface area contributed by atoms with Crippen molar-refractivity contribution in [3.8, 4) is 0 Å². The van der Waals surface area contributed by atoms with Gasteiger partial charge in [0.15, 0.2) is 0 Å². The van der Waals surface area contributed by atoms with Crippen LogP contribution in [0.25, 0.3) is 0 Å². The molecule has 19 heavy (non-hydrogen) atoms. The molecular formula is C14H21BrN2OS. The number of aliphatic hydroxyl groups excluding tert-OH is 1. The molecule has 0 aliphatic heterocycles. The van der Waals surface area contributed by atoms with Crippen LogP contribution in [0.3, 0.4) is 0 Å². The fourth-order valence-electron chi connectivity index (χ4n) is 2.23. The quantitative estimate of drug-likeness (QED) is 0.711. The Balaban J connectivity index is 2.02. The average molecular weight is 345 g/mol. The van der Waals surface area contributed by atoms with Crippen molar-refractivity contribution < 1.29 is 5.11 Å². The maximum Gasteiger partial charge on any atom is 0.110 e. The maximum absolute atomic E-state index is 9.85. The summed E-state index contributed by atoms with van der Waals surface area (Å²) >= 11 is 5.24. The standard InChI is InChI=1S/C14H21BrN2OS/c1-2-7-17-14(9-18,11-5-6-11)10-19-13-12(15)4-3-8-16-13/h3-4,8,11,17-18H,2,5-7,9-10H2,1H3. The van der Waals surface area contributed by atoms with Crippen molar-refractivity contribution in [1.82, 2.24) is 10.3 Å². The summed E-state index contributed by atoms with van der Waals surface area (Å²) < 4.78 is 1.03. The summed E-state index contributed by atoms with van der Waals surface area (Å²) in [4.78, 5) is 4.38. The molecule has 3 nitrogen and oxygen atoms in total. The lowest BCUT2D eigenvalue weighted by Crippen LogP contribution is -2.53. The fraction of sp³-hybridized carbons (Fsp3) is 0.643. The molecule has 2 N–H and O–H groups in total. The molecule has 2 rings (SSSR count). The molecule has 1 aromatic heterocycles. The highest BCUT2D eigenvalue weighted by molar-refractivity contribution is 9.10. The third kappa shape index (κ3) is 3.94. The zero-order chi connectivity index (χ0) is 13.7. The Kier molecular flexibility index (Phi) is 5.69. The monoisotopic (exact) mass is 344 g/mol. The maximum atomic E-state index is 9.85. The van der Waals surface area contributed by atoms with Gasteiger partial charge in [0.05, 0.1) is 12.1 Å². The van der Waals surface area contributed by atoms with Gasteiger partial charge in [-0.25, -0.2) is 4.98 Å². The van der Waals surface area contributed by atoms with Crippen molar-refractivity contribution in [2.75, 3.05) is 18.9 Å². The lowest BCUT2D eigenvalue weighted by molar-refractivity contribution is 0.159. The van der Waals surface area contributed by atoms with Crippen LogP contribution < -0.4 is 5.32 Å². The van der Waals surface area contributed by atoms with E-state index in [0.29, 0.717) is 5.92 Å². The fourth-order valence-corrected chi connectivity index (χ4v) is 3.99. The number of rotatable bonds is 8. The second-order valence-electron chi connectivity index (χ2n) is 5.09.